The highest BCUT2D eigenvalue weighted by atomic mass is 35.5. The van der Waals surface area contributed by atoms with Gasteiger partial charge in [0.15, 0.2) is 6.29 Å². The molecule has 0 aliphatic carbocycles. The fourth-order valence-corrected chi connectivity index (χ4v) is 5.94. The van der Waals surface area contributed by atoms with Gasteiger partial charge in [0.25, 0.3) is 6.43 Å². The molecule has 0 fully saturated rings. The maximum absolute atomic E-state index is 13.7. The zero-order valence-electron chi connectivity index (χ0n) is 24.1. The molecule has 0 saturated carbocycles. The SMILES string of the molecule is CCOC(CN(CC(F)F)C(=O)C(Cc1ccc(Cl)cc1)NC(=O)C(CNS(=O)(=O)c1ccc(Cl)cc1Cl)NC(=O)O)OCC. The molecule has 0 bridgehead atoms. The summed E-state index contributed by atoms with van der Waals surface area (Å²) < 4.78 is 65.9. The van der Waals surface area contributed by atoms with Crippen LogP contribution >= 0.6 is 34.8 Å². The third-order valence-corrected chi connectivity index (χ3v) is 8.38. The van der Waals surface area contributed by atoms with Crippen molar-refractivity contribution in [1.29, 1.82) is 0 Å². The number of sulfonamides is 1. The quantitative estimate of drug-likeness (QED) is 0.169. The number of alkyl halides is 2. The van der Waals surface area contributed by atoms with Crippen LogP contribution in [-0.4, -0.2) is 94.0 Å². The summed E-state index contributed by atoms with van der Waals surface area (Å²) in [6.07, 6.45) is -5.91. The largest absolute Gasteiger partial charge is 0.465 e. The molecule has 0 aliphatic rings. The van der Waals surface area contributed by atoms with Crippen LogP contribution in [0.4, 0.5) is 13.6 Å². The highest BCUT2D eigenvalue weighted by molar-refractivity contribution is 7.89. The molecule has 4 N–H and O–H groups in total. The van der Waals surface area contributed by atoms with Gasteiger partial charge in [-0.1, -0.05) is 46.9 Å². The van der Waals surface area contributed by atoms with Crippen molar-refractivity contribution in [3.8, 4) is 0 Å². The van der Waals surface area contributed by atoms with E-state index in [0.29, 0.717) is 10.6 Å². The van der Waals surface area contributed by atoms with Crippen LogP contribution in [-0.2, 0) is 35.5 Å². The van der Waals surface area contributed by atoms with Crippen LogP contribution in [0.25, 0.3) is 0 Å². The summed E-state index contributed by atoms with van der Waals surface area (Å²) in [5.74, 6) is -2.08. The molecule has 2 aromatic carbocycles. The second kappa shape index (κ2) is 18.4. The summed E-state index contributed by atoms with van der Waals surface area (Å²) in [7, 11) is -4.37. The van der Waals surface area contributed by atoms with Gasteiger partial charge in [-0.25, -0.2) is 26.7 Å². The topological polar surface area (TPSA) is 163 Å². The average Bonchev–Trinajstić information content (AvgIpc) is 2.95. The second-order valence-electron chi connectivity index (χ2n) is 9.30. The van der Waals surface area contributed by atoms with E-state index in [1.807, 2.05) is 5.32 Å². The Morgan fingerprint density at radius 2 is 1.51 bits per heavy atom. The summed E-state index contributed by atoms with van der Waals surface area (Å²) in [4.78, 5) is 39.0. The van der Waals surface area contributed by atoms with E-state index < -0.39 is 72.4 Å². The van der Waals surface area contributed by atoms with Crippen LogP contribution in [0, 0.1) is 0 Å². The maximum atomic E-state index is 13.7. The van der Waals surface area contributed by atoms with Gasteiger partial charge >= 0.3 is 6.09 Å². The Kier molecular flexibility index (Phi) is 15.7. The molecule has 0 radical (unpaired) electrons. The van der Waals surface area contributed by atoms with E-state index in [-0.39, 0.29) is 34.6 Å². The van der Waals surface area contributed by atoms with Crippen molar-refractivity contribution in [3.05, 3.63) is 63.1 Å². The number of carboxylic acid groups (broad SMARTS) is 1. The first kappa shape index (κ1) is 38.4. The predicted molar refractivity (Wildman–Crippen MR) is 163 cm³/mol. The van der Waals surface area contributed by atoms with E-state index in [1.54, 1.807) is 26.0 Å². The van der Waals surface area contributed by atoms with E-state index in [9.17, 15) is 36.7 Å². The average molecular weight is 718 g/mol. The first-order valence-corrected chi connectivity index (χ1v) is 16.1. The molecule has 0 heterocycles. The minimum atomic E-state index is -4.37. The van der Waals surface area contributed by atoms with Crippen LogP contribution in [0.3, 0.4) is 0 Å². The molecule has 2 atom stereocenters. The number of carbonyl (C=O) groups is 3. The minimum absolute atomic E-state index is 0.159. The van der Waals surface area contributed by atoms with Crippen molar-refractivity contribution >= 4 is 62.7 Å². The fourth-order valence-electron chi connectivity index (χ4n) is 4.00. The van der Waals surface area contributed by atoms with Gasteiger partial charge in [0, 0.05) is 36.2 Å². The second-order valence-corrected chi connectivity index (χ2v) is 12.3. The van der Waals surface area contributed by atoms with Crippen LogP contribution in [0.5, 0.6) is 0 Å². The van der Waals surface area contributed by atoms with Crippen molar-refractivity contribution in [2.24, 2.45) is 0 Å². The van der Waals surface area contributed by atoms with Crippen LogP contribution in [0.15, 0.2) is 47.4 Å². The molecule has 45 heavy (non-hydrogen) atoms. The Hall–Kier alpha value is -2.79. The van der Waals surface area contributed by atoms with E-state index in [2.05, 4.69) is 10.0 Å². The van der Waals surface area contributed by atoms with Gasteiger partial charge in [0.05, 0.1) is 18.1 Å². The van der Waals surface area contributed by atoms with Crippen molar-refractivity contribution in [3.63, 3.8) is 0 Å². The molecule has 0 spiro atoms. The van der Waals surface area contributed by atoms with Gasteiger partial charge in [-0.15, -0.1) is 0 Å². The first-order chi connectivity index (χ1) is 21.2. The first-order valence-electron chi connectivity index (χ1n) is 13.5. The fraction of sp³-hybridized carbons (Fsp3) is 0.444. The highest BCUT2D eigenvalue weighted by Gasteiger charge is 2.33. The maximum Gasteiger partial charge on any atom is 0.405 e. The molecule has 250 valence electrons. The van der Waals surface area contributed by atoms with Gasteiger partial charge in [-0.2, -0.15) is 0 Å². The van der Waals surface area contributed by atoms with Gasteiger partial charge in [-0.05, 0) is 49.7 Å². The molecule has 2 rings (SSSR count). The normalized spacial score (nSPS) is 13.0. The Morgan fingerprint density at radius 3 is 2.04 bits per heavy atom. The summed E-state index contributed by atoms with van der Waals surface area (Å²) in [5, 5.41) is 13.9. The Balaban J connectivity index is 2.39. The smallest absolute Gasteiger partial charge is 0.405 e. The van der Waals surface area contributed by atoms with E-state index >= 15 is 0 Å². The number of halogens is 5. The Labute approximate surface area is 274 Å². The number of amides is 3. The van der Waals surface area contributed by atoms with Crippen molar-refractivity contribution in [2.45, 2.75) is 50.0 Å². The summed E-state index contributed by atoms with van der Waals surface area (Å²) in [5.41, 5.74) is 0.474. The van der Waals surface area contributed by atoms with Gasteiger partial charge in [0.2, 0.25) is 21.8 Å². The zero-order valence-corrected chi connectivity index (χ0v) is 27.2. The third kappa shape index (κ3) is 12.9. The Morgan fingerprint density at radius 1 is 0.911 bits per heavy atom. The number of benzene rings is 2. The van der Waals surface area contributed by atoms with Crippen molar-refractivity contribution < 1.29 is 46.2 Å². The summed E-state index contributed by atoms with van der Waals surface area (Å²) in [6.45, 7) is 1.38. The summed E-state index contributed by atoms with van der Waals surface area (Å²) >= 11 is 17.8. The summed E-state index contributed by atoms with van der Waals surface area (Å²) in [6, 6.07) is 6.40. The number of hydrogen-bond acceptors (Lipinski definition) is 7. The molecule has 3 amide bonds. The van der Waals surface area contributed by atoms with Crippen LogP contribution in [0.2, 0.25) is 15.1 Å². The number of nitrogens with zero attached hydrogens (tertiary/aromatic N) is 1. The molecule has 12 nitrogen and oxygen atoms in total. The number of carbonyl (C=O) groups excluding carboxylic acids is 2. The van der Waals surface area contributed by atoms with E-state index in [1.165, 1.54) is 24.3 Å². The van der Waals surface area contributed by atoms with Crippen LogP contribution < -0.4 is 15.4 Å². The van der Waals surface area contributed by atoms with Gasteiger partial charge in [-0.3, -0.25) is 9.59 Å². The molecule has 18 heteroatoms. The lowest BCUT2D eigenvalue weighted by Gasteiger charge is -2.31. The predicted octanol–water partition coefficient (Wildman–Crippen LogP) is 3.78. The third-order valence-electron chi connectivity index (χ3n) is 5.99. The van der Waals surface area contributed by atoms with Crippen molar-refractivity contribution in [1.82, 2.24) is 20.3 Å². The van der Waals surface area contributed by atoms with Gasteiger partial charge in [0.1, 0.15) is 17.0 Å². The minimum Gasteiger partial charge on any atom is -0.465 e. The standard InChI is InChI=1S/C27H33Cl3F2N4O8S/c1-3-43-24(44-4-2)15-36(14-23(31)32)26(38)20(11-16-5-7-17(28)8-6-16)34-25(37)21(35-27(39)40)13-33-45(41,42)22-10-9-18(29)12-19(22)30/h5-10,12,20-21,23-24,33,35H,3-4,11,13-15H2,1-2H3,(H,34,37)(H,39,40). The van der Waals surface area contributed by atoms with Crippen molar-refractivity contribution in [2.75, 3.05) is 32.8 Å². The molecular formula is C27H33Cl3F2N4O8S. The lowest BCUT2D eigenvalue weighted by molar-refractivity contribution is -0.163. The number of ether oxygens (including phenoxy) is 2. The molecule has 2 unspecified atom stereocenters. The number of rotatable bonds is 18. The molecular weight excluding hydrogens is 685 g/mol. The van der Waals surface area contributed by atoms with Crippen LogP contribution in [0.1, 0.15) is 19.4 Å². The number of nitrogens with one attached hydrogen (secondary N) is 3. The lowest BCUT2D eigenvalue weighted by Crippen LogP contribution is -2.58. The highest BCUT2D eigenvalue weighted by Crippen LogP contribution is 2.24. The lowest BCUT2D eigenvalue weighted by atomic mass is 10.0. The van der Waals surface area contributed by atoms with E-state index in [4.69, 9.17) is 44.3 Å². The van der Waals surface area contributed by atoms with Gasteiger partial charge < -0.3 is 30.1 Å². The molecule has 0 aromatic heterocycles. The Bertz CT molecular complexity index is 1400. The van der Waals surface area contributed by atoms with E-state index in [0.717, 1.165) is 11.0 Å². The number of hydrogen-bond donors (Lipinski definition) is 4. The molecule has 0 saturated heterocycles. The molecule has 0 aliphatic heterocycles. The zero-order chi connectivity index (χ0) is 33.7. The monoisotopic (exact) mass is 716 g/mol. The molecule has 2 aromatic rings.